The number of rotatable bonds is 4. The predicted octanol–water partition coefficient (Wildman–Crippen LogP) is 6.19. The molecule has 3 fully saturated rings. The Balaban J connectivity index is 1.39. The quantitative estimate of drug-likeness (QED) is 0.339. The third kappa shape index (κ3) is 3.29. The number of anilines is 1. The second kappa shape index (κ2) is 7.73. The first-order valence-corrected chi connectivity index (χ1v) is 12.7. The molecule has 0 radical (unpaired) electrons. The summed E-state index contributed by atoms with van der Waals surface area (Å²) in [6, 6.07) is 13.5. The summed E-state index contributed by atoms with van der Waals surface area (Å²) in [5.74, 6) is 1.81. The summed E-state index contributed by atoms with van der Waals surface area (Å²) in [5, 5.41) is 0. The minimum Gasteiger partial charge on any atom is -0.457 e. The van der Waals surface area contributed by atoms with E-state index in [1.165, 1.54) is 4.90 Å². The van der Waals surface area contributed by atoms with Crippen molar-refractivity contribution < 1.29 is 14.3 Å². The van der Waals surface area contributed by atoms with Gasteiger partial charge in [0.25, 0.3) is 0 Å². The van der Waals surface area contributed by atoms with Crippen molar-refractivity contribution >= 4 is 49.4 Å². The Morgan fingerprint density at radius 2 is 1.52 bits per heavy atom. The standard InChI is InChI=1S/C25H25Br2NO3/c1-12(2)16-9-4-13(3)10-19(16)31-15-7-5-14(6-8-15)28-24(29)20-17-11-18(21(20)25(28)30)23(27)22(17)26/h4-10,12,17-18,20-23H,11H2,1-3H3/t17-,18+,20-,21+,22-,23+. The van der Waals surface area contributed by atoms with Crippen molar-refractivity contribution in [3.05, 3.63) is 53.6 Å². The summed E-state index contributed by atoms with van der Waals surface area (Å²) >= 11 is 7.47. The van der Waals surface area contributed by atoms with Gasteiger partial charge in [-0.25, -0.2) is 0 Å². The zero-order valence-electron chi connectivity index (χ0n) is 17.7. The molecule has 6 atom stereocenters. The van der Waals surface area contributed by atoms with E-state index in [2.05, 4.69) is 57.8 Å². The van der Waals surface area contributed by atoms with Gasteiger partial charge in [0.15, 0.2) is 0 Å². The minimum absolute atomic E-state index is 0.0548. The number of carbonyl (C=O) groups is 2. The topological polar surface area (TPSA) is 46.6 Å². The Morgan fingerprint density at radius 3 is 2.06 bits per heavy atom. The minimum atomic E-state index is -0.201. The number of imide groups is 1. The summed E-state index contributed by atoms with van der Waals surface area (Å²) < 4.78 is 6.17. The first-order chi connectivity index (χ1) is 14.8. The molecule has 1 saturated heterocycles. The van der Waals surface area contributed by atoms with Crippen LogP contribution in [0.5, 0.6) is 11.5 Å². The van der Waals surface area contributed by atoms with Crippen LogP contribution in [0.4, 0.5) is 5.69 Å². The van der Waals surface area contributed by atoms with E-state index in [1.54, 1.807) is 0 Å². The molecule has 2 amide bonds. The van der Waals surface area contributed by atoms with Crippen LogP contribution in [0.1, 0.15) is 37.3 Å². The number of ether oxygens (including phenoxy) is 1. The molecule has 162 valence electrons. The lowest BCUT2D eigenvalue weighted by molar-refractivity contribution is -0.123. The Hall–Kier alpha value is -1.66. The van der Waals surface area contributed by atoms with Gasteiger partial charge in [-0.2, -0.15) is 0 Å². The number of benzene rings is 2. The van der Waals surface area contributed by atoms with Gasteiger partial charge in [-0.1, -0.05) is 57.8 Å². The highest BCUT2D eigenvalue weighted by molar-refractivity contribution is 9.12. The van der Waals surface area contributed by atoms with Crippen LogP contribution in [0.3, 0.4) is 0 Å². The highest BCUT2D eigenvalue weighted by Crippen LogP contribution is 2.60. The van der Waals surface area contributed by atoms with Crippen LogP contribution in [0.15, 0.2) is 42.5 Å². The van der Waals surface area contributed by atoms with Gasteiger partial charge in [0.1, 0.15) is 11.5 Å². The molecule has 5 rings (SSSR count). The van der Waals surface area contributed by atoms with Crippen LogP contribution < -0.4 is 9.64 Å². The second-order valence-electron chi connectivity index (χ2n) is 9.31. The van der Waals surface area contributed by atoms with Gasteiger partial charge in [0, 0.05) is 9.65 Å². The van der Waals surface area contributed by atoms with Crippen LogP contribution in [0.2, 0.25) is 0 Å². The first kappa shape index (κ1) is 21.2. The number of amides is 2. The van der Waals surface area contributed by atoms with Crippen molar-refractivity contribution in [1.29, 1.82) is 0 Å². The molecule has 1 heterocycles. The maximum absolute atomic E-state index is 13.2. The molecule has 3 aliphatic rings. The van der Waals surface area contributed by atoms with Gasteiger partial charge in [-0.15, -0.1) is 0 Å². The largest absolute Gasteiger partial charge is 0.457 e. The molecule has 6 heteroatoms. The van der Waals surface area contributed by atoms with Gasteiger partial charge >= 0.3 is 0 Å². The van der Waals surface area contributed by atoms with Crippen molar-refractivity contribution in [3.8, 4) is 11.5 Å². The van der Waals surface area contributed by atoms with Crippen molar-refractivity contribution in [2.45, 2.75) is 42.8 Å². The third-order valence-electron chi connectivity index (χ3n) is 7.10. The Bertz CT molecular complexity index is 1020. The SMILES string of the molecule is Cc1ccc(C(C)C)c(Oc2ccc(N3C(=O)[C@@H]4[C@H]5C[C@H]([C@H](Br)[C@@H]5Br)[C@@H]4C3=O)cc2)c1. The second-order valence-corrected chi connectivity index (χ2v) is 11.4. The Morgan fingerprint density at radius 1 is 0.935 bits per heavy atom. The number of hydrogen-bond donors (Lipinski definition) is 0. The molecule has 2 aliphatic carbocycles. The zero-order chi connectivity index (χ0) is 22.0. The monoisotopic (exact) mass is 545 g/mol. The van der Waals surface area contributed by atoms with Gasteiger partial charge in [0.2, 0.25) is 11.8 Å². The molecule has 2 aromatic rings. The first-order valence-electron chi connectivity index (χ1n) is 10.8. The van der Waals surface area contributed by atoms with E-state index >= 15 is 0 Å². The maximum atomic E-state index is 13.2. The summed E-state index contributed by atoms with van der Waals surface area (Å²) in [5.41, 5.74) is 2.92. The number of aryl methyl sites for hydroxylation is 1. The van der Waals surface area contributed by atoms with Crippen LogP contribution in [0, 0.1) is 30.6 Å². The van der Waals surface area contributed by atoms with E-state index in [-0.39, 0.29) is 45.1 Å². The Kier molecular flexibility index (Phi) is 5.29. The van der Waals surface area contributed by atoms with E-state index in [0.29, 0.717) is 17.4 Å². The van der Waals surface area contributed by atoms with Crippen LogP contribution in [-0.4, -0.2) is 21.5 Å². The molecule has 0 spiro atoms. The number of nitrogens with zero attached hydrogens (tertiary/aromatic N) is 1. The van der Waals surface area contributed by atoms with Gasteiger partial charge in [-0.05, 0) is 72.6 Å². The summed E-state index contributed by atoms with van der Waals surface area (Å²) in [7, 11) is 0. The molecule has 2 aromatic carbocycles. The summed E-state index contributed by atoms with van der Waals surface area (Å²) in [6.45, 7) is 6.33. The fraction of sp³-hybridized carbons (Fsp3) is 0.440. The van der Waals surface area contributed by atoms with E-state index in [0.717, 1.165) is 23.3 Å². The fourth-order valence-electron chi connectivity index (χ4n) is 5.60. The number of alkyl halides is 2. The molecule has 0 unspecified atom stereocenters. The average molecular weight is 547 g/mol. The van der Waals surface area contributed by atoms with Gasteiger partial charge in [0.05, 0.1) is 17.5 Å². The number of halogens is 2. The number of fused-ring (bicyclic) bond motifs is 5. The molecular weight excluding hydrogens is 522 g/mol. The highest BCUT2D eigenvalue weighted by Gasteiger charge is 2.66. The molecule has 1 aliphatic heterocycles. The number of carbonyl (C=O) groups excluding carboxylic acids is 2. The predicted molar refractivity (Wildman–Crippen MR) is 128 cm³/mol. The normalized spacial score (nSPS) is 31.6. The average Bonchev–Trinajstić information content (AvgIpc) is 3.33. The molecule has 31 heavy (non-hydrogen) atoms. The maximum Gasteiger partial charge on any atom is 0.238 e. The van der Waals surface area contributed by atoms with E-state index in [9.17, 15) is 9.59 Å². The zero-order valence-corrected chi connectivity index (χ0v) is 20.9. The molecule has 4 nitrogen and oxygen atoms in total. The molecule has 2 bridgehead atoms. The van der Waals surface area contributed by atoms with Crippen molar-refractivity contribution in [1.82, 2.24) is 0 Å². The van der Waals surface area contributed by atoms with Crippen LogP contribution >= 0.6 is 31.9 Å². The van der Waals surface area contributed by atoms with Crippen LogP contribution in [-0.2, 0) is 9.59 Å². The smallest absolute Gasteiger partial charge is 0.238 e. The lowest BCUT2D eigenvalue weighted by Crippen LogP contribution is -2.37. The lowest BCUT2D eigenvalue weighted by atomic mass is 9.81. The molecular formula is C25H25Br2NO3. The number of hydrogen-bond acceptors (Lipinski definition) is 3. The highest BCUT2D eigenvalue weighted by atomic mass is 79.9. The van der Waals surface area contributed by atoms with Crippen LogP contribution in [0.25, 0.3) is 0 Å². The lowest BCUT2D eigenvalue weighted by Gasteiger charge is -2.28. The fourth-order valence-corrected chi connectivity index (χ4v) is 7.47. The van der Waals surface area contributed by atoms with E-state index < -0.39 is 0 Å². The third-order valence-corrected chi connectivity index (χ3v) is 10.3. The van der Waals surface area contributed by atoms with Gasteiger partial charge in [-0.3, -0.25) is 14.5 Å². The molecule has 0 aromatic heterocycles. The summed E-state index contributed by atoms with van der Waals surface area (Å²) in [6.07, 6.45) is 0.938. The Labute approximate surface area is 199 Å². The summed E-state index contributed by atoms with van der Waals surface area (Å²) in [4.78, 5) is 28.3. The van der Waals surface area contributed by atoms with Crippen molar-refractivity contribution in [2.24, 2.45) is 23.7 Å². The van der Waals surface area contributed by atoms with Gasteiger partial charge < -0.3 is 4.74 Å². The molecule has 2 saturated carbocycles. The van der Waals surface area contributed by atoms with Crippen molar-refractivity contribution in [3.63, 3.8) is 0 Å². The van der Waals surface area contributed by atoms with E-state index in [4.69, 9.17) is 4.74 Å². The van der Waals surface area contributed by atoms with Crippen molar-refractivity contribution in [2.75, 3.05) is 4.90 Å². The van der Waals surface area contributed by atoms with E-state index in [1.807, 2.05) is 37.3 Å². The molecule has 0 N–H and O–H groups in total.